The second-order valence-corrected chi connectivity index (χ2v) is 4.74. The summed E-state index contributed by atoms with van der Waals surface area (Å²) in [5, 5.41) is 9.39. The van der Waals surface area contributed by atoms with Crippen LogP contribution in [0.25, 0.3) is 11.6 Å². The minimum absolute atomic E-state index is 0.126. The van der Waals surface area contributed by atoms with Crippen molar-refractivity contribution in [2.24, 2.45) is 0 Å². The molecule has 1 N–H and O–H groups in total. The molecule has 2 aromatic rings. The Balaban J connectivity index is 2.53. The fourth-order valence-corrected chi connectivity index (χ4v) is 2.09. The standard InChI is InChI=1S/C18H18O5/c1-21-15-8-12(9-16(11-15)22-2)10-17(18(20)23-3)13-4-6-14(19)7-5-13/h4-11,19H,1-3H3/b17-10+. The molecular weight excluding hydrogens is 296 g/mol. The normalized spacial score (nSPS) is 11.0. The molecule has 2 rings (SSSR count). The van der Waals surface area contributed by atoms with Crippen LogP contribution in [0.2, 0.25) is 0 Å². The lowest BCUT2D eigenvalue weighted by molar-refractivity contribution is -0.133. The predicted molar refractivity (Wildman–Crippen MR) is 87.5 cm³/mol. The largest absolute Gasteiger partial charge is 0.508 e. The van der Waals surface area contributed by atoms with E-state index in [4.69, 9.17) is 14.2 Å². The van der Waals surface area contributed by atoms with Crippen LogP contribution in [0.15, 0.2) is 42.5 Å². The van der Waals surface area contributed by atoms with Crippen LogP contribution in [0.1, 0.15) is 11.1 Å². The third-order valence-electron chi connectivity index (χ3n) is 3.27. The highest BCUT2D eigenvalue weighted by molar-refractivity contribution is 6.21. The Hall–Kier alpha value is -2.95. The van der Waals surface area contributed by atoms with E-state index in [0.29, 0.717) is 22.6 Å². The summed E-state index contributed by atoms with van der Waals surface area (Å²) in [6.07, 6.45) is 1.68. The van der Waals surface area contributed by atoms with Gasteiger partial charge >= 0.3 is 5.97 Å². The first-order valence-corrected chi connectivity index (χ1v) is 6.90. The first kappa shape index (κ1) is 16.4. The number of methoxy groups -OCH3 is 3. The number of esters is 1. The van der Waals surface area contributed by atoms with Crippen LogP contribution in [-0.4, -0.2) is 32.4 Å². The van der Waals surface area contributed by atoms with Gasteiger partial charge in [-0.25, -0.2) is 4.79 Å². The van der Waals surface area contributed by atoms with Crippen molar-refractivity contribution in [3.8, 4) is 17.2 Å². The Morgan fingerprint density at radius 3 is 2.00 bits per heavy atom. The van der Waals surface area contributed by atoms with Crippen LogP contribution in [0.5, 0.6) is 17.2 Å². The van der Waals surface area contributed by atoms with Crippen molar-refractivity contribution in [1.29, 1.82) is 0 Å². The van der Waals surface area contributed by atoms with Gasteiger partial charge in [-0.2, -0.15) is 0 Å². The molecule has 23 heavy (non-hydrogen) atoms. The van der Waals surface area contributed by atoms with Gasteiger partial charge in [0.1, 0.15) is 17.2 Å². The van der Waals surface area contributed by atoms with E-state index in [1.807, 2.05) is 0 Å². The molecule has 0 heterocycles. The number of hydrogen-bond donors (Lipinski definition) is 1. The summed E-state index contributed by atoms with van der Waals surface area (Å²) < 4.78 is 15.3. The lowest BCUT2D eigenvalue weighted by Gasteiger charge is -2.09. The fraction of sp³-hybridized carbons (Fsp3) is 0.167. The number of phenolic OH excluding ortho intramolecular Hbond substituents is 1. The van der Waals surface area contributed by atoms with E-state index in [2.05, 4.69) is 0 Å². The summed E-state index contributed by atoms with van der Waals surface area (Å²) in [5.41, 5.74) is 1.73. The molecule has 0 aliphatic carbocycles. The summed E-state index contributed by atoms with van der Waals surface area (Å²) >= 11 is 0. The number of carbonyl (C=O) groups excluding carboxylic acids is 1. The van der Waals surface area contributed by atoms with Crippen molar-refractivity contribution in [2.75, 3.05) is 21.3 Å². The SMILES string of the molecule is COC(=O)/C(=C/c1cc(OC)cc(OC)c1)c1ccc(O)cc1. The van der Waals surface area contributed by atoms with Gasteiger partial charge in [0.15, 0.2) is 0 Å². The molecule has 5 heteroatoms. The van der Waals surface area contributed by atoms with Gasteiger partial charge < -0.3 is 19.3 Å². The maximum absolute atomic E-state index is 12.1. The summed E-state index contributed by atoms with van der Waals surface area (Å²) in [6, 6.07) is 11.6. The van der Waals surface area contributed by atoms with Gasteiger partial charge in [-0.3, -0.25) is 0 Å². The molecule has 0 bridgehead atoms. The van der Waals surface area contributed by atoms with Crippen LogP contribution in [-0.2, 0) is 9.53 Å². The number of carbonyl (C=O) groups is 1. The lowest BCUT2D eigenvalue weighted by atomic mass is 10.0. The first-order valence-electron chi connectivity index (χ1n) is 6.90. The molecule has 0 fully saturated rings. The summed E-state index contributed by atoms with van der Waals surface area (Å²) in [6.45, 7) is 0. The minimum atomic E-state index is -0.475. The molecule has 0 unspecified atom stereocenters. The molecule has 0 spiro atoms. The zero-order chi connectivity index (χ0) is 16.8. The molecule has 5 nitrogen and oxygen atoms in total. The molecule has 0 radical (unpaired) electrons. The predicted octanol–water partition coefficient (Wildman–Crippen LogP) is 3.12. The average Bonchev–Trinajstić information content (AvgIpc) is 2.59. The number of aromatic hydroxyl groups is 1. The Labute approximate surface area is 134 Å². The third-order valence-corrected chi connectivity index (χ3v) is 3.27. The van der Waals surface area contributed by atoms with E-state index < -0.39 is 5.97 Å². The van der Waals surface area contributed by atoms with Gasteiger partial charge in [0.2, 0.25) is 0 Å². The highest BCUT2D eigenvalue weighted by Gasteiger charge is 2.13. The van der Waals surface area contributed by atoms with E-state index in [0.717, 1.165) is 5.56 Å². The number of phenols is 1. The van der Waals surface area contributed by atoms with Gasteiger partial charge in [-0.05, 0) is 41.5 Å². The van der Waals surface area contributed by atoms with Gasteiger partial charge in [0.05, 0.1) is 26.9 Å². The molecule has 0 aliphatic heterocycles. The van der Waals surface area contributed by atoms with E-state index in [9.17, 15) is 9.90 Å². The molecule has 0 atom stereocenters. The fourth-order valence-electron chi connectivity index (χ4n) is 2.09. The maximum Gasteiger partial charge on any atom is 0.338 e. The Morgan fingerprint density at radius 1 is 0.957 bits per heavy atom. The number of rotatable bonds is 5. The van der Waals surface area contributed by atoms with E-state index in [1.165, 1.54) is 19.2 Å². The van der Waals surface area contributed by atoms with Gasteiger partial charge in [-0.1, -0.05) is 12.1 Å². The van der Waals surface area contributed by atoms with Crippen LogP contribution in [0.4, 0.5) is 0 Å². The zero-order valence-corrected chi connectivity index (χ0v) is 13.2. The molecule has 0 aromatic heterocycles. The topological polar surface area (TPSA) is 65.0 Å². The third kappa shape index (κ3) is 4.03. The lowest BCUT2D eigenvalue weighted by Crippen LogP contribution is -2.03. The van der Waals surface area contributed by atoms with Crippen molar-refractivity contribution in [2.45, 2.75) is 0 Å². The van der Waals surface area contributed by atoms with Crippen LogP contribution >= 0.6 is 0 Å². The molecule has 0 aliphatic rings. The summed E-state index contributed by atoms with van der Waals surface area (Å²) in [5.74, 6) is 0.884. The van der Waals surface area contributed by atoms with E-state index >= 15 is 0 Å². The smallest absolute Gasteiger partial charge is 0.338 e. The van der Waals surface area contributed by atoms with Crippen LogP contribution < -0.4 is 9.47 Å². The average molecular weight is 314 g/mol. The van der Waals surface area contributed by atoms with Gasteiger partial charge in [-0.15, -0.1) is 0 Å². The minimum Gasteiger partial charge on any atom is -0.508 e. The van der Waals surface area contributed by atoms with Crippen molar-refractivity contribution in [3.63, 3.8) is 0 Å². The van der Waals surface area contributed by atoms with Crippen molar-refractivity contribution >= 4 is 17.6 Å². The number of ether oxygens (including phenoxy) is 3. The maximum atomic E-state index is 12.1. The second-order valence-electron chi connectivity index (χ2n) is 4.74. The zero-order valence-electron chi connectivity index (χ0n) is 13.2. The van der Waals surface area contributed by atoms with E-state index in [-0.39, 0.29) is 5.75 Å². The van der Waals surface area contributed by atoms with Crippen molar-refractivity contribution < 1.29 is 24.1 Å². The second kappa shape index (κ2) is 7.35. The number of hydrogen-bond acceptors (Lipinski definition) is 5. The molecular formula is C18H18O5. The molecule has 120 valence electrons. The highest BCUT2D eigenvalue weighted by atomic mass is 16.5. The Bertz CT molecular complexity index is 694. The molecule has 0 saturated heterocycles. The summed E-state index contributed by atoms with van der Waals surface area (Å²) in [4.78, 5) is 12.1. The van der Waals surface area contributed by atoms with Crippen molar-refractivity contribution in [1.82, 2.24) is 0 Å². The van der Waals surface area contributed by atoms with Crippen molar-refractivity contribution in [3.05, 3.63) is 53.6 Å². The van der Waals surface area contributed by atoms with Gasteiger partial charge in [0.25, 0.3) is 0 Å². The monoisotopic (exact) mass is 314 g/mol. The quantitative estimate of drug-likeness (QED) is 0.522. The highest BCUT2D eigenvalue weighted by Crippen LogP contribution is 2.27. The summed E-state index contributed by atoms with van der Waals surface area (Å²) in [7, 11) is 4.44. The Kier molecular flexibility index (Phi) is 5.25. The Morgan fingerprint density at radius 2 is 1.52 bits per heavy atom. The first-order chi connectivity index (χ1) is 11.1. The molecule has 0 amide bonds. The van der Waals surface area contributed by atoms with Crippen LogP contribution in [0.3, 0.4) is 0 Å². The van der Waals surface area contributed by atoms with Crippen LogP contribution in [0, 0.1) is 0 Å². The van der Waals surface area contributed by atoms with E-state index in [1.54, 1.807) is 50.6 Å². The number of benzene rings is 2. The molecule has 2 aromatic carbocycles. The molecule has 0 saturated carbocycles. The van der Waals surface area contributed by atoms with Gasteiger partial charge in [0, 0.05) is 6.07 Å².